The molecule has 2 rings (SSSR count). The monoisotopic (exact) mass is 330 g/mol. The molecule has 0 unspecified atom stereocenters. The van der Waals surface area contributed by atoms with Gasteiger partial charge in [-0.25, -0.2) is 0 Å². The summed E-state index contributed by atoms with van der Waals surface area (Å²) < 4.78 is 1.18. The first-order valence-electron chi connectivity index (χ1n) is 5.53. The molecule has 4 heteroatoms. The van der Waals surface area contributed by atoms with Crippen LogP contribution in [0.25, 0.3) is 0 Å². The number of amides is 1. The fraction of sp³-hybridized carbons (Fsp3) is 0.417. The summed E-state index contributed by atoms with van der Waals surface area (Å²) in [6.07, 6.45) is 2.84. The van der Waals surface area contributed by atoms with Gasteiger partial charge in [-0.3, -0.25) is 4.79 Å². The predicted octanol–water partition coefficient (Wildman–Crippen LogP) is 2.37. The maximum Gasteiger partial charge on any atom is 0.221 e. The minimum Gasteiger partial charge on any atom is -0.384 e. The second-order valence-electron chi connectivity index (χ2n) is 4.00. The molecule has 0 spiro atoms. The number of anilines is 1. The Morgan fingerprint density at radius 2 is 2.12 bits per heavy atom. The Hall–Kier alpha value is -0.780. The highest BCUT2D eigenvalue weighted by Crippen LogP contribution is 2.19. The molecule has 2 N–H and O–H groups in total. The van der Waals surface area contributed by atoms with Crippen molar-refractivity contribution in [2.24, 2.45) is 0 Å². The lowest BCUT2D eigenvalue weighted by molar-refractivity contribution is -0.120. The highest BCUT2D eigenvalue weighted by Gasteiger charge is 2.22. The van der Waals surface area contributed by atoms with E-state index in [-0.39, 0.29) is 5.91 Å². The molecule has 1 aromatic carbocycles. The SMILES string of the molecule is O=C(CCNc1ccccc1I)NC1CC1. The number of rotatable bonds is 5. The Bertz CT molecular complexity index is 377. The summed E-state index contributed by atoms with van der Waals surface area (Å²) in [6.45, 7) is 0.693. The van der Waals surface area contributed by atoms with Crippen molar-refractivity contribution in [3.05, 3.63) is 27.8 Å². The van der Waals surface area contributed by atoms with E-state index >= 15 is 0 Å². The quantitative estimate of drug-likeness (QED) is 0.814. The van der Waals surface area contributed by atoms with Crippen LogP contribution in [0.2, 0.25) is 0 Å². The number of hydrogen-bond donors (Lipinski definition) is 2. The molecule has 0 aliphatic heterocycles. The van der Waals surface area contributed by atoms with Gasteiger partial charge in [0.1, 0.15) is 0 Å². The molecule has 0 heterocycles. The van der Waals surface area contributed by atoms with E-state index in [0.29, 0.717) is 19.0 Å². The number of halogens is 1. The maximum atomic E-state index is 11.4. The number of para-hydroxylation sites is 1. The topological polar surface area (TPSA) is 41.1 Å². The van der Waals surface area contributed by atoms with E-state index < -0.39 is 0 Å². The van der Waals surface area contributed by atoms with Crippen LogP contribution in [0.3, 0.4) is 0 Å². The maximum absolute atomic E-state index is 11.4. The predicted molar refractivity (Wildman–Crippen MR) is 73.4 cm³/mol. The lowest BCUT2D eigenvalue weighted by atomic mass is 10.3. The van der Waals surface area contributed by atoms with Crippen LogP contribution in [0.4, 0.5) is 5.69 Å². The smallest absolute Gasteiger partial charge is 0.221 e. The van der Waals surface area contributed by atoms with Gasteiger partial charge in [-0.1, -0.05) is 12.1 Å². The molecule has 0 bridgehead atoms. The fourth-order valence-corrected chi connectivity index (χ4v) is 2.02. The lowest BCUT2D eigenvalue weighted by Crippen LogP contribution is -2.27. The minimum atomic E-state index is 0.154. The number of carbonyl (C=O) groups is 1. The van der Waals surface area contributed by atoms with Crippen molar-refractivity contribution in [3.8, 4) is 0 Å². The lowest BCUT2D eigenvalue weighted by Gasteiger charge is -2.08. The Labute approximate surface area is 109 Å². The Kier molecular flexibility index (Phi) is 4.04. The zero-order valence-electron chi connectivity index (χ0n) is 9.00. The Morgan fingerprint density at radius 3 is 2.81 bits per heavy atom. The second-order valence-corrected chi connectivity index (χ2v) is 5.16. The summed E-state index contributed by atoms with van der Waals surface area (Å²) >= 11 is 2.28. The molecular formula is C12H15IN2O. The summed E-state index contributed by atoms with van der Waals surface area (Å²) in [7, 11) is 0. The number of nitrogens with one attached hydrogen (secondary N) is 2. The third-order valence-corrected chi connectivity index (χ3v) is 3.42. The van der Waals surface area contributed by atoms with Crippen LogP contribution in [0.1, 0.15) is 19.3 Å². The largest absolute Gasteiger partial charge is 0.384 e. The molecule has 0 atom stereocenters. The zero-order valence-corrected chi connectivity index (χ0v) is 11.2. The summed E-state index contributed by atoms with van der Waals surface area (Å²) in [5, 5.41) is 6.24. The first kappa shape index (κ1) is 11.7. The van der Waals surface area contributed by atoms with Crippen LogP contribution in [0, 0.1) is 3.57 Å². The Morgan fingerprint density at radius 1 is 1.38 bits per heavy atom. The van der Waals surface area contributed by atoms with Gasteiger partial charge in [0.05, 0.1) is 0 Å². The van der Waals surface area contributed by atoms with Gasteiger partial charge in [0.15, 0.2) is 0 Å². The average molecular weight is 330 g/mol. The summed E-state index contributed by atoms with van der Waals surface area (Å²) in [5.74, 6) is 0.154. The minimum absolute atomic E-state index is 0.154. The molecule has 0 radical (unpaired) electrons. The van der Waals surface area contributed by atoms with Crippen molar-refractivity contribution in [1.29, 1.82) is 0 Å². The normalized spacial score (nSPS) is 14.6. The highest BCUT2D eigenvalue weighted by molar-refractivity contribution is 14.1. The standard InChI is InChI=1S/C12H15IN2O/c13-10-3-1-2-4-11(10)14-8-7-12(16)15-9-5-6-9/h1-4,9,14H,5-8H2,(H,15,16). The van der Waals surface area contributed by atoms with E-state index in [9.17, 15) is 4.79 Å². The van der Waals surface area contributed by atoms with Gasteiger partial charge in [0.2, 0.25) is 5.91 Å². The van der Waals surface area contributed by atoms with E-state index in [1.807, 2.05) is 24.3 Å². The molecule has 16 heavy (non-hydrogen) atoms. The summed E-state index contributed by atoms with van der Waals surface area (Å²) in [5.41, 5.74) is 1.10. The third kappa shape index (κ3) is 3.66. The van der Waals surface area contributed by atoms with E-state index in [1.54, 1.807) is 0 Å². The number of carbonyl (C=O) groups excluding carboxylic acids is 1. The molecule has 0 aromatic heterocycles. The van der Waals surface area contributed by atoms with Crippen molar-refractivity contribution in [1.82, 2.24) is 5.32 Å². The van der Waals surface area contributed by atoms with E-state index in [1.165, 1.54) is 3.57 Å². The van der Waals surface area contributed by atoms with Gasteiger partial charge in [0, 0.05) is 28.3 Å². The summed E-state index contributed by atoms with van der Waals surface area (Å²) in [6, 6.07) is 8.54. The molecule has 1 aromatic rings. The highest BCUT2D eigenvalue weighted by atomic mass is 127. The van der Waals surface area contributed by atoms with Crippen molar-refractivity contribution < 1.29 is 4.79 Å². The van der Waals surface area contributed by atoms with Crippen LogP contribution >= 0.6 is 22.6 Å². The summed E-state index contributed by atoms with van der Waals surface area (Å²) in [4.78, 5) is 11.4. The molecule has 3 nitrogen and oxygen atoms in total. The van der Waals surface area contributed by atoms with Crippen LogP contribution in [0.15, 0.2) is 24.3 Å². The first-order valence-corrected chi connectivity index (χ1v) is 6.61. The van der Waals surface area contributed by atoms with Crippen LogP contribution in [-0.4, -0.2) is 18.5 Å². The van der Waals surface area contributed by atoms with E-state index in [4.69, 9.17) is 0 Å². The number of benzene rings is 1. The average Bonchev–Trinajstić information content (AvgIpc) is 3.05. The molecule has 1 aliphatic carbocycles. The van der Waals surface area contributed by atoms with Gasteiger partial charge >= 0.3 is 0 Å². The number of hydrogen-bond acceptors (Lipinski definition) is 2. The molecule has 86 valence electrons. The van der Waals surface area contributed by atoms with Crippen LogP contribution in [0.5, 0.6) is 0 Å². The fourth-order valence-electron chi connectivity index (χ4n) is 1.44. The molecular weight excluding hydrogens is 315 g/mol. The van der Waals surface area contributed by atoms with Gasteiger partial charge in [-0.15, -0.1) is 0 Å². The van der Waals surface area contributed by atoms with Crippen molar-refractivity contribution in [3.63, 3.8) is 0 Å². The van der Waals surface area contributed by atoms with E-state index in [0.717, 1.165) is 18.5 Å². The first-order chi connectivity index (χ1) is 7.75. The molecule has 1 amide bonds. The molecule has 1 aliphatic rings. The molecule has 1 saturated carbocycles. The molecule has 0 saturated heterocycles. The van der Waals surface area contributed by atoms with E-state index in [2.05, 4.69) is 33.2 Å². The van der Waals surface area contributed by atoms with Crippen molar-refractivity contribution >= 4 is 34.2 Å². The van der Waals surface area contributed by atoms with Gasteiger partial charge in [0.25, 0.3) is 0 Å². The van der Waals surface area contributed by atoms with Gasteiger partial charge in [-0.2, -0.15) is 0 Å². The van der Waals surface area contributed by atoms with Crippen LogP contribution in [-0.2, 0) is 4.79 Å². The van der Waals surface area contributed by atoms with Crippen molar-refractivity contribution in [2.45, 2.75) is 25.3 Å². The Balaban J connectivity index is 1.70. The van der Waals surface area contributed by atoms with Crippen molar-refractivity contribution in [2.75, 3.05) is 11.9 Å². The van der Waals surface area contributed by atoms with Gasteiger partial charge in [-0.05, 0) is 47.6 Å². The molecule has 1 fully saturated rings. The third-order valence-electron chi connectivity index (χ3n) is 2.48. The zero-order chi connectivity index (χ0) is 11.4. The second kappa shape index (κ2) is 5.52. The van der Waals surface area contributed by atoms with Crippen LogP contribution < -0.4 is 10.6 Å². The van der Waals surface area contributed by atoms with Gasteiger partial charge < -0.3 is 10.6 Å².